The zero-order valence-corrected chi connectivity index (χ0v) is 8.18. The maximum Gasteiger partial charge on any atom is 0.0944 e. The molecule has 1 aliphatic rings. The fraction of sp³-hybridized carbons (Fsp3) is 1.00. The number of ether oxygens (including phenoxy) is 1. The summed E-state index contributed by atoms with van der Waals surface area (Å²) in [6, 6.07) is 0. The lowest BCUT2D eigenvalue weighted by Crippen LogP contribution is -2.33. The van der Waals surface area contributed by atoms with Crippen LogP contribution in [0, 0.1) is 5.92 Å². The topological polar surface area (TPSA) is 9.23 Å². The van der Waals surface area contributed by atoms with Crippen molar-refractivity contribution in [2.45, 2.75) is 23.4 Å². The minimum atomic E-state index is -0.230. The van der Waals surface area contributed by atoms with Gasteiger partial charge in [-0.2, -0.15) is 0 Å². The maximum atomic E-state index is 12.1. The van der Waals surface area contributed by atoms with E-state index in [1.807, 2.05) is 6.92 Å². The summed E-state index contributed by atoms with van der Waals surface area (Å²) in [5.41, 5.74) is 0. The van der Waals surface area contributed by atoms with Crippen molar-refractivity contribution in [3.8, 4) is 0 Å². The first-order chi connectivity index (χ1) is 4.74. The van der Waals surface area contributed by atoms with Crippen LogP contribution >= 0.6 is 22.6 Å². The maximum absolute atomic E-state index is 12.1. The molecule has 1 fully saturated rings. The average molecular weight is 258 g/mol. The van der Waals surface area contributed by atoms with Crippen molar-refractivity contribution in [1.29, 1.82) is 0 Å². The summed E-state index contributed by atoms with van der Waals surface area (Å²) < 4.78 is 17.9. The highest BCUT2D eigenvalue weighted by Gasteiger charge is 2.25. The molecular weight excluding hydrogens is 246 g/mol. The Balaban J connectivity index is 2.33. The molecule has 0 saturated carbocycles. The zero-order valence-electron chi connectivity index (χ0n) is 6.02. The molecule has 1 aliphatic heterocycles. The molecule has 0 bridgehead atoms. The summed E-state index contributed by atoms with van der Waals surface area (Å²) in [5, 5.41) is 0. The highest BCUT2D eigenvalue weighted by molar-refractivity contribution is 14.1. The number of hydrogen-bond donors (Lipinski definition) is 0. The Morgan fingerprint density at radius 3 is 2.90 bits per heavy atom. The molecule has 60 valence electrons. The third kappa shape index (κ3) is 2.05. The van der Waals surface area contributed by atoms with Crippen molar-refractivity contribution in [3.63, 3.8) is 0 Å². The van der Waals surface area contributed by atoms with Gasteiger partial charge >= 0.3 is 0 Å². The standard InChI is InChI=1S/C7H12FIO/c1-5-7(9)2-6(3-8)4-10-5/h5-7H,2-4H2,1H3/t5-,6?,7?/m0/s1. The largest absolute Gasteiger partial charge is 0.377 e. The number of hydrogen-bond acceptors (Lipinski definition) is 1. The fourth-order valence-electron chi connectivity index (χ4n) is 1.08. The highest BCUT2D eigenvalue weighted by atomic mass is 127. The van der Waals surface area contributed by atoms with Gasteiger partial charge in [0.15, 0.2) is 0 Å². The highest BCUT2D eigenvalue weighted by Crippen LogP contribution is 2.25. The van der Waals surface area contributed by atoms with Crippen LogP contribution in [0.3, 0.4) is 0 Å². The van der Waals surface area contributed by atoms with E-state index >= 15 is 0 Å². The Hall–Kier alpha value is 0.620. The van der Waals surface area contributed by atoms with E-state index in [4.69, 9.17) is 4.74 Å². The minimum absolute atomic E-state index is 0.151. The Bertz CT molecular complexity index is 110. The molecular formula is C7H12FIO. The second-order valence-corrected chi connectivity index (χ2v) is 4.41. The van der Waals surface area contributed by atoms with E-state index in [9.17, 15) is 4.39 Å². The lowest BCUT2D eigenvalue weighted by atomic mass is 10.0. The molecule has 0 spiro atoms. The van der Waals surface area contributed by atoms with Crippen LogP contribution in [-0.4, -0.2) is 23.3 Å². The first-order valence-corrected chi connectivity index (χ1v) is 4.80. The van der Waals surface area contributed by atoms with Crippen molar-refractivity contribution in [3.05, 3.63) is 0 Å². The Labute approximate surface area is 74.5 Å². The quantitative estimate of drug-likeness (QED) is 0.517. The van der Waals surface area contributed by atoms with Crippen LogP contribution < -0.4 is 0 Å². The Morgan fingerprint density at radius 1 is 1.70 bits per heavy atom. The van der Waals surface area contributed by atoms with Gasteiger partial charge in [-0.25, -0.2) is 0 Å². The van der Waals surface area contributed by atoms with E-state index < -0.39 is 0 Å². The van der Waals surface area contributed by atoms with Crippen LogP contribution in [0.15, 0.2) is 0 Å². The molecule has 3 atom stereocenters. The van der Waals surface area contributed by atoms with Crippen LogP contribution in [0.5, 0.6) is 0 Å². The first kappa shape index (κ1) is 8.71. The summed E-state index contributed by atoms with van der Waals surface area (Å²) >= 11 is 2.33. The van der Waals surface area contributed by atoms with Gasteiger partial charge in [0.25, 0.3) is 0 Å². The van der Waals surface area contributed by atoms with Gasteiger partial charge in [0.1, 0.15) is 0 Å². The van der Waals surface area contributed by atoms with Crippen LogP contribution in [0.2, 0.25) is 0 Å². The zero-order chi connectivity index (χ0) is 7.56. The van der Waals surface area contributed by atoms with Crippen molar-refractivity contribution in [2.75, 3.05) is 13.3 Å². The van der Waals surface area contributed by atoms with E-state index in [1.54, 1.807) is 0 Å². The van der Waals surface area contributed by atoms with Crippen LogP contribution in [-0.2, 0) is 4.74 Å². The number of halogens is 2. The predicted molar refractivity (Wildman–Crippen MR) is 47.3 cm³/mol. The molecule has 0 N–H and O–H groups in total. The monoisotopic (exact) mass is 258 g/mol. The average Bonchev–Trinajstić information content (AvgIpc) is 1.95. The molecule has 0 aromatic rings. The minimum Gasteiger partial charge on any atom is -0.377 e. The molecule has 0 aromatic carbocycles. The predicted octanol–water partition coefficient (Wildman–Crippen LogP) is 2.18. The molecule has 3 heteroatoms. The van der Waals surface area contributed by atoms with Crippen LogP contribution in [0.25, 0.3) is 0 Å². The summed E-state index contributed by atoms with van der Waals surface area (Å²) in [6.45, 7) is 2.43. The smallest absolute Gasteiger partial charge is 0.0944 e. The summed E-state index contributed by atoms with van der Waals surface area (Å²) in [5.74, 6) is 0.151. The van der Waals surface area contributed by atoms with Crippen LogP contribution in [0.4, 0.5) is 4.39 Å². The van der Waals surface area contributed by atoms with Crippen LogP contribution in [0.1, 0.15) is 13.3 Å². The molecule has 2 unspecified atom stereocenters. The first-order valence-electron chi connectivity index (χ1n) is 3.55. The Kier molecular flexibility index (Phi) is 3.36. The Morgan fingerprint density at radius 2 is 2.40 bits per heavy atom. The molecule has 0 aliphatic carbocycles. The van der Waals surface area contributed by atoms with Gasteiger partial charge in [0, 0.05) is 9.84 Å². The summed E-state index contributed by atoms with van der Waals surface area (Å²) in [6.07, 6.45) is 1.28. The lowest BCUT2D eigenvalue weighted by molar-refractivity contribution is -0.00259. The molecule has 1 heterocycles. The number of rotatable bonds is 1. The van der Waals surface area contributed by atoms with E-state index in [0.717, 1.165) is 6.42 Å². The van der Waals surface area contributed by atoms with Crippen molar-refractivity contribution >= 4 is 22.6 Å². The molecule has 0 aromatic heterocycles. The molecule has 1 nitrogen and oxygen atoms in total. The van der Waals surface area contributed by atoms with E-state index in [1.165, 1.54) is 0 Å². The molecule has 1 saturated heterocycles. The van der Waals surface area contributed by atoms with E-state index in [2.05, 4.69) is 22.6 Å². The van der Waals surface area contributed by atoms with Gasteiger partial charge in [-0.05, 0) is 13.3 Å². The summed E-state index contributed by atoms with van der Waals surface area (Å²) in [7, 11) is 0. The molecule has 0 amide bonds. The second kappa shape index (κ2) is 3.85. The fourth-order valence-corrected chi connectivity index (χ4v) is 2.00. The third-order valence-electron chi connectivity index (χ3n) is 1.88. The van der Waals surface area contributed by atoms with Gasteiger partial charge in [0.05, 0.1) is 19.4 Å². The lowest BCUT2D eigenvalue weighted by Gasteiger charge is -2.29. The summed E-state index contributed by atoms with van der Waals surface area (Å²) in [4.78, 5) is 0. The SMILES string of the molecule is C[C@@H]1OCC(CF)CC1I. The van der Waals surface area contributed by atoms with Gasteiger partial charge in [-0.15, -0.1) is 0 Å². The second-order valence-electron chi connectivity index (χ2n) is 2.81. The van der Waals surface area contributed by atoms with Gasteiger partial charge < -0.3 is 4.74 Å². The van der Waals surface area contributed by atoms with E-state index in [-0.39, 0.29) is 12.6 Å². The van der Waals surface area contributed by atoms with E-state index in [0.29, 0.717) is 16.6 Å². The van der Waals surface area contributed by atoms with Gasteiger partial charge in [-0.1, -0.05) is 22.6 Å². The molecule has 1 rings (SSSR count). The third-order valence-corrected chi connectivity index (χ3v) is 3.40. The van der Waals surface area contributed by atoms with Gasteiger partial charge in [-0.3, -0.25) is 4.39 Å². The number of alkyl halides is 2. The van der Waals surface area contributed by atoms with Crippen molar-refractivity contribution in [1.82, 2.24) is 0 Å². The molecule has 0 radical (unpaired) electrons. The normalized spacial score (nSPS) is 41.7. The van der Waals surface area contributed by atoms with Crippen molar-refractivity contribution < 1.29 is 9.13 Å². The van der Waals surface area contributed by atoms with Gasteiger partial charge in [0.2, 0.25) is 0 Å². The van der Waals surface area contributed by atoms with Crippen molar-refractivity contribution in [2.24, 2.45) is 5.92 Å². The molecule has 10 heavy (non-hydrogen) atoms.